The summed E-state index contributed by atoms with van der Waals surface area (Å²) >= 11 is 0. The number of hydrogen-bond donors (Lipinski definition) is 0. The van der Waals surface area contributed by atoms with Crippen molar-refractivity contribution in [3.8, 4) is 28.4 Å². The molecule has 5 aromatic rings. The summed E-state index contributed by atoms with van der Waals surface area (Å²) in [4.78, 5) is 0. The molecule has 1 aliphatic rings. The smallest absolute Gasteiger partial charge is 0.311 e. The predicted molar refractivity (Wildman–Crippen MR) is 134 cm³/mol. The van der Waals surface area contributed by atoms with E-state index in [4.69, 9.17) is 14.0 Å². The first-order chi connectivity index (χ1) is 16.5. The number of rotatable bonds is 3. The molecule has 0 saturated carbocycles. The molecule has 1 heterocycles. The molecule has 0 bridgehead atoms. The molecule has 168 valence electrons. The molecule has 6 rings (SSSR count). The van der Waals surface area contributed by atoms with Crippen LogP contribution in [0.15, 0.2) is 84.9 Å². The normalized spacial score (nSPS) is 16.6. The van der Waals surface area contributed by atoms with Gasteiger partial charge in [0.15, 0.2) is 0 Å². The second kappa shape index (κ2) is 7.61. The average Bonchev–Trinajstić information content (AvgIpc) is 2.86. The lowest BCUT2D eigenvalue weighted by atomic mass is 10.0. The van der Waals surface area contributed by atoms with E-state index in [9.17, 15) is 8.96 Å². The topological polar surface area (TPSA) is 44.8 Å². The average molecular weight is 470 g/mol. The minimum Gasteiger partial charge on any atom is -0.496 e. The maximum absolute atomic E-state index is 14.8. The lowest BCUT2D eigenvalue weighted by Gasteiger charge is -2.30. The van der Waals surface area contributed by atoms with Crippen LogP contribution in [0.25, 0.3) is 32.7 Å². The molecule has 0 N–H and O–H groups in total. The molecule has 5 aromatic carbocycles. The molecule has 0 radical (unpaired) electrons. The van der Waals surface area contributed by atoms with Crippen LogP contribution in [0.1, 0.15) is 0 Å². The quantitative estimate of drug-likeness (QED) is 0.225. The number of para-hydroxylation sites is 1. The summed E-state index contributed by atoms with van der Waals surface area (Å²) in [7, 11) is -0.527. The van der Waals surface area contributed by atoms with Gasteiger partial charge in [0.1, 0.15) is 23.1 Å². The van der Waals surface area contributed by atoms with Crippen molar-refractivity contribution in [3.05, 3.63) is 90.7 Å². The van der Waals surface area contributed by atoms with Gasteiger partial charge < -0.3 is 14.0 Å². The second-order valence-electron chi connectivity index (χ2n) is 8.18. The Morgan fingerprint density at radius 2 is 1.47 bits per heavy atom. The fraction of sp³-hybridized carbons (Fsp3) is 0.0714. The maximum atomic E-state index is 14.8. The first-order valence-corrected chi connectivity index (χ1v) is 12.4. The summed E-state index contributed by atoms with van der Waals surface area (Å²) < 4.78 is 46.7. The zero-order chi connectivity index (χ0) is 23.4. The Hall–Kier alpha value is -3.82. The maximum Gasteiger partial charge on any atom is 0.311 e. The SMILES string of the molecule is COc1cc(P2(=O)Oc3ccccc3-c3ccccc32)c(OC)c2cc3cc(F)ccc3cc12. The van der Waals surface area contributed by atoms with E-state index in [-0.39, 0.29) is 5.82 Å². The molecule has 0 spiro atoms. The molecule has 6 heteroatoms. The summed E-state index contributed by atoms with van der Waals surface area (Å²) in [6.45, 7) is 0. The molecular formula is C28H20FO4P. The van der Waals surface area contributed by atoms with Crippen molar-refractivity contribution < 1.29 is 23.0 Å². The molecule has 1 aliphatic heterocycles. The van der Waals surface area contributed by atoms with Gasteiger partial charge in [-0.1, -0.05) is 42.5 Å². The van der Waals surface area contributed by atoms with Gasteiger partial charge >= 0.3 is 7.37 Å². The lowest BCUT2D eigenvalue weighted by molar-refractivity contribution is 0.412. The van der Waals surface area contributed by atoms with Gasteiger partial charge in [0.05, 0.1) is 24.8 Å². The highest BCUT2D eigenvalue weighted by Gasteiger charge is 2.41. The van der Waals surface area contributed by atoms with E-state index >= 15 is 0 Å². The van der Waals surface area contributed by atoms with Gasteiger partial charge in [-0.3, -0.25) is 4.57 Å². The Balaban J connectivity index is 1.71. The summed E-state index contributed by atoms with van der Waals surface area (Å²) in [6, 6.07) is 25.2. The van der Waals surface area contributed by atoms with Crippen LogP contribution in [0.4, 0.5) is 4.39 Å². The molecule has 1 atom stereocenters. The molecule has 4 nitrogen and oxygen atoms in total. The lowest BCUT2D eigenvalue weighted by Crippen LogP contribution is -2.26. The van der Waals surface area contributed by atoms with Gasteiger partial charge in [-0.05, 0) is 58.8 Å². The standard InChI is InChI=1S/C28H20FO4P/c1-31-25-16-27(28(32-2)23-15-18-13-19(29)12-11-17(18)14-22(23)25)34(30)26-10-6-4-8-21(26)20-7-3-5-9-24(20)33-34/h3-16H,1-2H3. The van der Waals surface area contributed by atoms with Gasteiger partial charge in [-0.25, -0.2) is 4.39 Å². The molecule has 0 fully saturated rings. The van der Waals surface area contributed by atoms with E-state index < -0.39 is 7.37 Å². The number of halogens is 1. The molecule has 0 saturated heterocycles. The molecular weight excluding hydrogens is 450 g/mol. The molecule has 34 heavy (non-hydrogen) atoms. The third-order valence-corrected chi connectivity index (χ3v) is 8.76. The van der Waals surface area contributed by atoms with Crippen LogP contribution < -0.4 is 24.6 Å². The van der Waals surface area contributed by atoms with E-state index in [1.54, 1.807) is 19.2 Å². The van der Waals surface area contributed by atoms with Gasteiger partial charge in [-0.2, -0.15) is 0 Å². The summed E-state index contributed by atoms with van der Waals surface area (Å²) in [6.07, 6.45) is 0. The van der Waals surface area contributed by atoms with E-state index in [1.807, 2.05) is 60.7 Å². The molecule has 0 aliphatic carbocycles. The van der Waals surface area contributed by atoms with E-state index in [0.29, 0.717) is 38.6 Å². The van der Waals surface area contributed by atoms with Crippen molar-refractivity contribution in [3.63, 3.8) is 0 Å². The molecule has 1 unspecified atom stereocenters. The zero-order valence-corrected chi connectivity index (χ0v) is 19.4. The van der Waals surface area contributed by atoms with Gasteiger partial charge in [0, 0.05) is 16.3 Å². The van der Waals surface area contributed by atoms with E-state index in [1.165, 1.54) is 19.2 Å². The number of hydrogen-bond acceptors (Lipinski definition) is 4. The van der Waals surface area contributed by atoms with Crippen LogP contribution in [0, 0.1) is 5.82 Å². The largest absolute Gasteiger partial charge is 0.496 e. The second-order valence-corrected chi connectivity index (χ2v) is 10.4. The highest BCUT2D eigenvalue weighted by atomic mass is 31.2. The Kier molecular flexibility index (Phi) is 4.65. The summed E-state index contributed by atoms with van der Waals surface area (Å²) in [5.74, 6) is 1.17. The zero-order valence-electron chi connectivity index (χ0n) is 18.5. The Morgan fingerprint density at radius 1 is 0.735 bits per heavy atom. The van der Waals surface area contributed by atoms with Gasteiger partial charge in [-0.15, -0.1) is 0 Å². The van der Waals surface area contributed by atoms with Crippen molar-refractivity contribution in [1.29, 1.82) is 0 Å². The van der Waals surface area contributed by atoms with Crippen LogP contribution in [-0.4, -0.2) is 14.2 Å². The highest BCUT2D eigenvalue weighted by Crippen LogP contribution is 2.56. The van der Waals surface area contributed by atoms with Crippen molar-refractivity contribution in [2.45, 2.75) is 0 Å². The first-order valence-electron chi connectivity index (χ1n) is 10.8. The molecule has 0 amide bonds. The van der Waals surface area contributed by atoms with E-state index in [0.717, 1.165) is 21.9 Å². The van der Waals surface area contributed by atoms with Crippen molar-refractivity contribution in [2.24, 2.45) is 0 Å². The molecule has 0 aromatic heterocycles. The van der Waals surface area contributed by atoms with E-state index in [2.05, 4.69) is 0 Å². The fourth-order valence-electron chi connectivity index (χ4n) is 4.76. The van der Waals surface area contributed by atoms with Crippen LogP contribution in [-0.2, 0) is 4.57 Å². The third-order valence-electron chi connectivity index (χ3n) is 6.32. The highest BCUT2D eigenvalue weighted by molar-refractivity contribution is 7.75. The number of ether oxygens (including phenoxy) is 2. The summed E-state index contributed by atoms with van der Waals surface area (Å²) in [5.41, 5.74) is 1.74. The Morgan fingerprint density at radius 3 is 2.26 bits per heavy atom. The Bertz CT molecular complexity index is 1660. The van der Waals surface area contributed by atoms with Crippen LogP contribution in [0.3, 0.4) is 0 Å². The summed E-state index contributed by atoms with van der Waals surface area (Å²) in [5, 5.41) is 4.02. The van der Waals surface area contributed by atoms with Crippen molar-refractivity contribution in [1.82, 2.24) is 0 Å². The van der Waals surface area contributed by atoms with Gasteiger partial charge in [0.2, 0.25) is 0 Å². The van der Waals surface area contributed by atoms with Crippen molar-refractivity contribution in [2.75, 3.05) is 14.2 Å². The minimum atomic E-state index is -3.64. The first kappa shape index (κ1) is 20.8. The monoisotopic (exact) mass is 470 g/mol. The number of benzene rings is 5. The number of fused-ring (bicyclic) bond motifs is 5. The van der Waals surface area contributed by atoms with Crippen LogP contribution in [0.5, 0.6) is 17.2 Å². The third kappa shape index (κ3) is 2.94. The minimum absolute atomic E-state index is 0.331. The predicted octanol–water partition coefficient (Wildman–Crippen LogP) is 6.44. The fourth-order valence-corrected chi connectivity index (χ4v) is 7.21. The van der Waals surface area contributed by atoms with Gasteiger partial charge in [0.25, 0.3) is 0 Å². The number of methoxy groups -OCH3 is 2. The Labute approximate surface area is 196 Å². The van der Waals surface area contributed by atoms with Crippen LogP contribution >= 0.6 is 7.37 Å². The van der Waals surface area contributed by atoms with Crippen LogP contribution in [0.2, 0.25) is 0 Å². The van der Waals surface area contributed by atoms with Crippen molar-refractivity contribution >= 4 is 39.5 Å².